The smallest absolute Gasteiger partial charge is 0.356 e. The molecule has 3 heterocycles. The van der Waals surface area contributed by atoms with Crippen molar-refractivity contribution < 1.29 is 27.5 Å². The Hall–Kier alpha value is -2.61. The summed E-state index contributed by atoms with van der Waals surface area (Å²) in [6.45, 7) is 3.54. The molecule has 32 heavy (non-hydrogen) atoms. The predicted octanol–water partition coefficient (Wildman–Crippen LogP) is 1.49. The number of aromatic amines is 2. The quantitative estimate of drug-likeness (QED) is 0.494. The van der Waals surface area contributed by atoms with E-state index in [1.807, 2.05) is 0 Å². The molecule has 1 aliphatic rings. The molecule has 0 saturated carbocycles. The summed E-state index contributed by atoms with van der Waals surface area (Å²) in [6, 6.07) is 0. The number of rotatable bonds is 8. The van der Waals surface area contributed by atoms with Crippen LogP contribution in [0, 0.1) is 6.92 Å². The molecule has 0 unspecified atom stereocenters. The number of amides is 2. The molecule has 0 atom stereocenters. The summed E-state index contributed by atoms with van der Waals surface area (Å²) in [5, 5.41) is 17.0. The van der Waals surface area contributed by atoms with Crippen molar-refractivity contribution in [2.45, 2.75) is 57.2 Å². The molecule has 2 amide bonds. The van der Waals surface area contributed by atoms with Crippen molar-refractivity contribution >= 4 is 23.6 Å². The number of aromatic nitrogens is 5. The van der Waals surface area contributed by atoms with E-state index in [4.69, 9.17) is 4.74 Å². The van der Waals surface area contributed by atoms with Crippen LogP contribution in [-0.2, 0) is 33.8 Å². The van der Waals surface area contributed by atoms with Crippen LogP contribution in [0.15, 0.2) is 5.16 Å². The Bertz CT molecular complexity index is 973. The minimum absolute atomic E-state index is 0.124. The number of nitrogens with one attached hydrogen (secondary N) is 3. The van der Waals surface area contributed by atoms with Crippen LogP contribution in [0.25, 0.3) is 0 Å². The van der Waals surface area contributed by atoms with Crippen LogP contribution in [-0.4, -0.2) is 72.8 Å². The van der Waals surface area contributed by atoms with Gasteiger partial charge in [-0.05, 0) is 20.8 Å². The van der Waals surface area contributed by atoms with E-state index in [2.05, 4.69) is 30.7 Å². The number of aryl methyl sites for hydroxylation is 1. The zero-order chi connectivity index (χ0) is 23.5. The Morgan fingerprint density at radius 3 is 2.66 bits per heavy atom. The zero-order valence-corrected chi connectivity index (χ0v) is 18.6. The van der Waals surface area contributed by atoms with Gasteiger partial charge in [0.1, 0.15) is 18.0 Å². The first kappa shape index (κ1) is 24.0. The number of nitrogens with zero attached hydrogens (tertiary/aromatic N) is 4. The monoisotopic (exact) mass is 475 g/mol. The Kier molecular flexibility index (Phi) is 7.12. The Labute approximate surface area is 186 Å². The van der Waals surface area contributed by atoms with E-state index < -0.39 is 24.3 Å². The molecular formula is C18H24F3N7O3S. The predicted molar refractivity (Wildman–Crippen MR) is 107 cm³/mol. The van der Waals surface area contributed by atoms with Crippen LogP contribution < -0.4 is 5.32 Å². The number of hydrogen-bond donors (Lipinski definition) is 3. The van der Waals surface area contributed by atoms with E-state index in [-0.39, 0.29) is 24.7 Å². The zero-order valence-electron chi connectivity index (χ0n) is 17.8. The van der Waals surface area contributed by atoms with Gasteiger partial charge in [-0.3, -0.25) is 19.8 Å². The lowest BCUT2D eigenvalue weighted by Gasteiger charge is -2.34. The number of fused-ring (bicyclic) bond motifs is 1. The van der Waals surface area contributed by atoms with Crippen molar-refractivity contribution in [1.29, 1.82) is 0 Å². The maximum atomic E-state index is 12.8. The Morgan fingerprint density at radius 1 is 1.25 bits per heavy atom. The number of halogens is 3. The lowest BCUT2D eigenvalue weighted by molar-refractivity contribution is -0.205. The summed E-state index contributed by atoms with van der Waals surface area (Å²) in [5.74, 6) is 0.00255. The highest BCUT2D eigenvalue weighted by Crippen LogP contribution is 2.26. The van der Waals surface area contributed by atoms with Gasteiger partial charge in [0.15, 0.2) is 0 Å². The number of carbonyl (C=O) groups excluding carboxylic acids is 2. The summed E-state index contributed by atoms with van der Waals surface area (Å²) in [4.78, 5) is 30.5. The second-order valence-corrected chi connectivity index (χ2v) is 8.73. The number of hydrogen-bond acceptors (Lipinski definition) is 7. The summed E-state index contributed by atoms with van der Waals surface area (Å²) in [7, 11) is 0. The standard InChI is InChI=1S/C18H24F3N7O3S/c1-10-23-16(27-24-10)32-8-14(29)22-6-13-11-7-28(5-4-12(11)25-26-13)15(30)17(2,3)31-9-18(19,20)21/h4-9H2,1-3H3,(H,22,29)(H,25,26)(H,23,24,27). The van der Waals surface area contributed by atoms with Gasteiger partial charge in [0.25, 0.3) is 5.91 Å². The van der Waals surface area contributed by atoms with Gasteiger partial charge in [0, 0.05) is 30.8 Å². The Morgan fingerprint density at radius 2 is 2.00 bits per heavy atom. The third-order valence-corrected chi connectivity index (χ3v) is 5.63. The van der Waals surface area contributed by atoms with E-state index in [9.17, 15) is 22.8 Å². The fraction of sp³-hybridized carbons (Fsp3) is 0.611. The molecule has 2 aromatic heterocycles. The van der Waals surface area contributed by atoms with Crippen LogP contribution in [0.4, 0.5) is 13.2 Å². The number of ether oxygens (including phenoxy) is 1. The first-order chi connectivity index (χ1) is 14.9. The van der Waals surface area contributed by atoms with E-state index in [1.54, 1.807) is 6.92 Å². The average Bonchev–Trinajstić information content (AvgIpc) is 3.33. The molecule has 3 N–H and O–H groups in total. The maximum absolute atomic E-state index is 12.8. The van der Waals surface area contributed by atoms with Gasteiger partial charge in [-0.2, -0.15) is 18.3 Å². The number of alkyl halides is 3. The van der Waals surface area contributed by atoms with E-state index in [0.717, 1.165) is 11.3 Å². The number of thioether (sulfide) groups is 1. The van der Waals surface area contributed by atoms with Gasteiger partial charge in [-0.1, -0.05) is 11.8 Å². The molecule has 0 radical (unpaired) electrons. The third kappa shape index (κ3) is 6.22. The fourth-order valence-electron chi connectivity index (χ4n) is 3.13. The molecule has 0 fully saturated rings. The first-order valence-electron chi connectivity index (χ1n) is 9.78. The van der Waals surface area contributed by atoms with Gasteiger partial charge >= 0.3 is 6.18 Å². The lowest BCUT2D eigenvalue weighted by Crippen LogP contribution is -2.49. The Balaban J connectivity index is 1.55. The van der Waals surface area contributed by atoms with Crippen LogP contribution in [0.2, 0.25) is 0 Å². The highest BCUT2D eigenvalue weighted by molar-refractivity contribution is 7.99. The SMILES string of the molecule is Cc1nc(SCC(=O)NCc2n[nH]c3c2CN(C(=O)C(C)(C)OCC(F)(F)F)CC3)n[nH]1. The molecule has 176 valence electrons. The molecule has 0 spiro atoms. The maximum Gasteiger partial charge on any atom is 0.411 e. The van der Waals surface area contributed by atoms with E-state index in [1.165, 1.54) is 30.5 Å². The summed E-state index contributed by atoms with van der Waals surface area (Å²) >= 11 is 1.19. The second-order valence-electron chi connectivity index (χ2n) is 7.79. The number of H-pyrrole nitrogens is 2. The molecule has 0 bridgehead atoms. The highest BCUT2D eigenvalue weighted by atomic mass is 32.2. The summed E-state index contributed by atoms with van der Waals surface area (Å²) in [6.07, 6.45) is -4.05. The summed E-state index contributed by atoms with van der Waals surface area (Å²) in [5.41, 5.74) is 0.520. The largest absolute Gasteiger partial charge is 0.411 e. The summed E-state index contributed by atoms with van der Waals surface area (Å²) < 4.78 is 42.3. The molecule has 14 heteroatoms. The van der Waals surface area contributed by atoms with E-state index >= 15 is 0 Å². The van der Waals surface area contributed by atoms with Crippen molar-refractivity contribution in [3.63, 3.8) is 0 Å². The van der Waals surface area contributed by atoms with Crippen LogP contribution >= 0.6 is 11.8 Å². The van der Waals surface area contributed by atoms with Gasteiger partial charge in [0.05, 0.1) is 18.0 Å². The molecule has 3 rings (SSSR count). The first-order valence-corrected chi connectivity index (χ1v) is 10.8. The van der Waals surface area contributed by atoms with Crippen molar-refractivity contribution in [1.82, 2.24) is 35.6 Å². The molecule has 2 aromatic rings. The van der Waals surface area contributed by atoms with Gasteiger partial charge < -0.3 is 15.0 Å². The molecule has 0 aliphatic carbocycles. The van der Waals surface area contributed by atoms with Gasteiger partial charge in [-0.15, -0.1) is 5.10 Å². The molecule has 10 nitrogen and oxygen atoms in total. The third-order valence-electron chi connectivity index (χ3n) is 4.78. The van der Waals surface area contributed by atoms with Crippen molar-refractivity contribution in [3.8, 4) is 0 Å². The minimum Gasteiger partial charge on any atom is -0.356 e. The van der Waals surface area contributed by atoms with Crippen LogP contribution in [0.5, 0.6) is 0 Å². The van der Waals surface area contributed by atoms with Gasteiger partial charge in [0.2, 0.25) is 11.1 Å². The second kappa shape index (κ2) is 9.48. The van der Waals surface area contributed by atoms with Crippen molar-refractivity contribution in [2.75, 3.05) is 18.9 Å². The van der Waals surface area contributed by atoms with Gasteiger partial charge in [-0.25, -0.2) is 4.98 Å². The fourth-order valence-corrected chi connectivity index (χ4v) is 3.80. The topological polar surface area (TPSA) is 129 Å². The molecular weight excluding hydrogens is 451 g/mol. The van der Waals surface area contributed by atoms with Crippen LogP contribution in [0.3, 0.4) is 0 Å². The lowest BCUT2D eigenvalue weighted by atomic mass is 10.0. The minimum atomic E-state index is -4.52. The molecule has 1 aliphatic heterocycles. The normalized spacial score (nSPS) is 14.4. The van der Waals surface area contributed by atoms with Crippen molar-refractivity contribution in [2.24, 2.45) is 0 Å². The highest BCUT2D eigenvalue weighted by Gasteiger charge is 2.39. The average molecular weight is 475 g/mol. The van der Waals surface area contributed by atoms with E-state index in [0.29, 0.717) is 29.6 Å². The molecule has 0 aromatic carbocycles. The number of carbonyl (C=O) groups is 2. The van der Waals surface area contributed by atoms with Crippen molar-refractivity contribution in [3.05, 3.63) is 22.8 Å². The molecule has 0 saturated heterocycles. The van der Waals surface area contributed by atoms with Crippen LogP contribution in [0.1, 0.15) is 36.6 Å².